The van der Waals surface area contributed by atoms with Crippen molar-refractivity contribution in [3.8, 4) is 11.5 Å². The van der Waals surface area contributed by atoms with Crippen molar-refractivity contribution in [2.45, 2.75) is 26.7 Å². The molecule has 2 rings (SSSR count). The Morgan fingerprint density at radius 2 is 1.65 bits per heavy atom. The maximum atomic E-state index is 12.5. The van der Waals surface area contributed by atoms with E-state index in [1.54, 1.807) is 24.5 Å². The first-order valence-electron chi connectivity index (χ1n) is 7.83. The van der Waals surface area contributed by atoms with Crippen LogP contribution in [0.3, 0.4) is 0 Å². The van der Waals surface area contributed by atoms with Crippen LogP contribution in [0.2, 0.25) is 0 Å². The number of carbonyl (C=O) groups excluding carboxylic acids is 1. The van der Waals surface area contributed by atoms with E-state index in [0.717, 1.165) is 24.3 Å². The number of anilines is 1. The van der Waals surface area contributed by atoms with Gasteiger partial charge in [0.25, 0.3) is 0 Å². The van der Waals surface area contributed by atoms with E-state index in [4.69, 9.17) is 10.5 Å². The third-order valence-corrected chi connectivity index (χ3v) is 4.22. The van der Waals surface area contributed by atoms with Gasteiger partial charge < -0.3 is 15.8 Å². The minimum atomic E-state index is -0.508. The second-order valence-electron chi connectivity index (χ2n) is 5.46. The molecule has 1 heterocycles. The van der Waals surface area contributed by atoms with E-state index in [-0.39, 0.29) is 5.91 Å². The van der Waals surface area contributed by atoms with Crippen molar-refractivity contribution in [2.75, 3.05) is 11.9 Å². The van der Waals surface area contributed by atoms with Crippen LogP contribution in [0.15, 0.2) is 48.8 Å². The van der Waals surface area contributed by atoms with Gasteiger partial charge in [-0.1, -0.05) is 13.8 Å². The van der Waals surface area contributed by atoms with Crippen LogP contribution >= 0.6 is 0 Å². The molecule has 0 spiro atoms. The lowest BCUT2D eigenvalue weighted by molar-refractivity contribution is -0.125. The molecule has 0 atom stereocenters. The Labute approximate surface area is 136 Å². The van der Waals surface area contributed by atoms with Crippen LogP contribution in [-0.2, 0) is 4.79 Å². The number of nitrogens with two attached hydrogens (primary N) is 1. The maximum absolute atomic E-state index is 12.5. The Bertz CT molecular complexity index is 614. The molecule has 1 aromatic heterocycles. The van der Waals surface area contributed by atoms with Gasteiger partial charge in [-0.15, -0.1) is 0 Å². The summed E-state index contributed by atoms with van der Waals surface area (Å²) in [6.45, 7) is 4.32. The summed E-state index contributed by atoms with van der Waals surface area (Å²) in [6, 6.07) is 10.8. The van der Waals surface area contributed by atoms with Crippen LogP contribution in [0.4, 0.5) is 5.69 Å². The summed E-state index contributed by atoms with van der Waals surface area (Å²) in [4.78, 5) is 16.4. The van der Waals surface area contributed by atoms with Gasteiger partial charge in [0, 0.05) is 24.6 Å². The van der Waals surface area contributed by atoms with Gasteiger partial charge in [-0.05, 0) is 49.2 Å². The minimum Gasteiger partial charge on any atom is -0.457 e. The van der Waals surface area contributed by atoms with Gasteiger partial charge >= 0.3 is 0 Å². The predicted molar refractivity (Wildman–Crippen MR) is 91.5 cm³/mol. The molecule has 0 aliphatic carbocycles. The number of hydrogen-bond acceptors (Lipinski definition) is 4. The molecule has 1 aromatic carbocycles. The largest absolute Gasteiger partial charge is 0.457 e. The van der Waals surface area contributed by atoms with E-state index in [1.807, 2.05) is 38.1 Å². The summed E-state index contributed by atoms with van der Waals surface area (Å²) in [6.07, 6.45) is 4.78. The summed E-state index contributed by atoms with van der Waals surface area (Å²) >= 11 is 0. The van der Waals surface area contributed by atoms with Crippen molar-refractivity contribution in [1.29, 1.82) is 0 Å². The zero-order valence-electron chi connectivity index (χ0n) is 13.6. The molecule has 2 aromatic rings. The third kappa shape index (κ3) is 4.07. The fraction of sp³-hybridized carbons (Fsp3) is 0.333. The molecule has 0 unspecified atom stereocenters. The van der Waals surface area contributed by atoms with Crippen molar-refractivity contribution >= 4 is 11.6 Å². The van der Waals surface area contributed by atoms with Crippen molar-refractivity contribution in [1.82, 2.24) is 4.98 Å². The Morgan fingerprint density at radius 3 is 2.17 bits per heavy atom. The van der Waals surface area contributed by atoms with E-state index < -0.39 is 5.41 Å². The fourth-order valence-corrected chi connectivity index (χ4v) is 2.36. The average molecular weight is 313 g/mol. The van der Waals surface area contributed by atoms with Crippen molar-refractivity contribution < 1.29 is 9.53 Å². The first-order chi connectivity index (χ1) is 11.1. The molecule has 1 amide bonds. The Balaban J connectivity index is 2.04. The van der Waals surface area contributed by atoms with Gasteiger partial charge in [0.15, 0.2) is 0 Å². The molecule has 0 fully saturated rings. The van der Waals surface area contributed by atoms with Crippen LogP contribution < -0.4 is 15.8 Å². The number of carbonyl (C=O) groups is 1. The number of amides is 1. The summed E-state index contributed by atoms with van der Waals surface area (Å²) in [7, 11) is 0. The number of nitrogens with one attached hydrogen (secondary N) is 1. The van der Waals surface area contributed by atoms with Crippen molar-refractivity contribution in [3.05, 3.63) is 48.8 Å². The van der Waals surface area contributed by atoms with Crippen molar-refractivity contribution in [3.63, 3.8) is 0 Å². The zero-order valence-corrected chi connectivity index (χ0v) is 13.6. The monoisotopic (exact) mass is 313 g/mol. The number of rotatable bonds is 7. The molecule has 122 valence electrons. The molecule has 0 radical (unpaired) electrons. The number of hydrogen-bond donors (Lipinski definition) is 2. The molecular formula is C18H23N3O2. The lowest BCUT2D eigenvalue weighted by atomic mass is 9.81. The molecule has 0 saturated heterocycles. The Kier molecular flexibility index (Phi) is 5.71. The van der Waals surface area contributed by atoms with Crippen LogP contribution in [0.5, 0.6) is 11.5 Å². The zero-order chi connectivity index (χ0) is 16.7. The van der Waals surface area contributed by atoms with Gasteiger partial charge in [0.05, 0.1) is 5.41 Å². The predicted octanol–water partition coefficient (Wildman–Crippen LogP) is 3.58. The maximum Gasteiger partial charge on any atom is 0.231 e. The first kappa shape index (κ1) is 17.0. The standard InChI is InChI=1S/C18H23N3O2/c1-3-18(4-2,13-19)17(22)21-14-5-7-15(8-6-14)23-16-9-11-20-12-10-16/h5-12H,3-4,13,19H2,1-2H3,(H,21,22). The van der Waals surface area contributed by atoms with E-state index in [9.17, 15) is 4.79 Å². The van der Waals surface area contributed by atoms with Crippen LogP contribution in [-0.4, -0.2) is 17.4 Å². The minimum absolute atomic E-state index is 0.0344. The fourth-order valence-electron chi connectivity index (χ4n) is 2.36. The van der Waals surface area contributed by atoms with Gasteiger partial charge in [-0.25, -0.2) is 0 Å². The molecule has 3 N–H and O–H groups in total. The van der Waals surface area contributed by atoms with E-state index in [2.05, 4.69) is 10.3 Å². The Morgan fingerprint density at radius 1 is 1.09 bits per heavy atom. The van der Waals surface area contributed by atoms with Gasteiger partial charge in [-0.3, -0.25) is 9.78 Å². The van der Waals surface area contributed by atoms with Crippen LogP contribution in [0, 0.1) is 5.41 Å². The van der Waals surface area contributed by atoms with Gasteiger partial charge in [0.2, 0.25) is 5.91 Å². The number of pyridine rings is 1. The molecule has 0 aliphatic rings. The number of benzene rings is 1. The summed E-state index contributed by atoms with van der Waals surface area (Å²) in [5, 5.41) is 2.94. The highest BCUT2D eigenvalue weighted by molar-refractivity contribution is 5.95. The highest BCUT2D eigenvalue weighted by atomic mass is 16.5. The second-order valence-corrected chi connectivity index (χ2v) is 5.46. The first-order valence-corrected chi connectivity index (χ1v) is 7.83. The smallest absolute Gasteiger partial charge is 0.231 e. The molecule has 0 saturated carbocycles. The molecular weight excluding hydrogens is 290 g/mol. The van der Waals surface area contributed by atoms with Gasteiger partial charge in [-0.2, -0.15) is 0 Å². The van der Waals surface area contributed by atoms with Crippen molar-refractivity contribution in [2.24, 2.45) is 11.1 Å². The average Bonchev–Trinajstić information content (AvgIpc) is 2.60. The Hall–Kier alpha value is -2.40. The van der Waals surface area contributed by atoms with E-state index in [0.29, 0.717) is 12.3 Å². The molecule has 23 heavy (non-hydrogen) atoms. The molecule has 5 heteroatoms. The lowest BCUT2D eigenvalue weighted by Crippen LogP contribution is -2.41. The quantitative estimate of drug-likeness (QED) is 0.819. The SMILES string of the molecule is CCC(CC)(CN)C(=O)Nc1ccc(Oc2ccncc2)cc1. The molecule has 0 aliphatic heterocycles. The molecule has 5 nitrogen and oxygen atoms in total. The van der Waals surface area contributed by atoms with E-state index >= 15 is 0 Å². The number of aromatic nitrogens is 1. The highest BCUT2D eigenvalue weighted by Crippen LogP contribution is 2.28. The highest BCUT2D eigenvalue weighted by Gasteiger charge is 2.33. The van der Waals surface area contributed by atoms with Crippen LogP contribution in [0.25, 0.3) is 0 Å². The summed E-state index contributed by atoms with van der Waals surface area (Å²) < 4.78 is 5.70. The van der Waals surface area contributed by atoms with Crippen LogP contribution in [0.1, 0.15) is 26.7 Å². The summed E-state index contributed by atoms with van der Waals surface area (Å²) in [5.74, 6) is 1.38. The number of ether oxygens (including phenoxy) is 1. The topological polar surface area (TPSA) is 77.2 Å². The molecule has 0 bridgehead atoms. The van der Waals surface area contributed by atoms with Gasteiger partial charge in [0.1, 0.15) is 11.5 Å². The normalized spacial score (nSPS) is 11.1. The third-order valence-electron chi connectivity index (χ3n) is 4.22. The van der Waals surface area contributed by atoms with E-state index in [1.165, 1.54) is 0 Å². The number of nitrogens with zero attached hydrogens (tertiary/aromatic N) is 1. The second kappa shape index (κ2) is 7.74. The summed E-state index contributed by atoms with van der Waals surface area (Å²) in [5.41, 5.74) is 6.03. The lowest BCUT2D eigenvalue weighted by Gasteiger charge is -2.28.